The van der Waals surface area contributed by atoms with Gasteiger partial charge in [-0.1, -0.05) is 6.07 Å². The number of pyridine rings is 1. The van der Waals surface area contributed by atoms with Crippen LogP contribution < -0.4 is 5.32 Å². The molecule has 2 saturated heterocycles. The van der Waals surface area contributed by atoms with Crippen molar-refractivity contribution in [1.82, 2.24) is 15.2 Å². The van der Waals surface area contributed by atoms with Crippen LogP contribution in [0.25, 0.3) is 10.9 Å². The highest BCUT2D eigenvalue weighted by Crippen LogP contribution is 2.37. The number of carbonyl (C=O) groups excluding carboxylic acids is 2. The second-order valence-corrected chi connectivity index (χ2v) is 8.82. The number of benzene rings is 1. The molecule has 1 aromatic heterocycles. The number of thioether (sulfide) groups is 1. The molecular formula is C23H26N4O4S. The Labute approximate surface area is 191 Å². The molecule has 0 bridgehead atoms. The minimum absolute atomic E-state index is 0.151. The lowest BCUT2D eigenvalue weighted by molar-refractivity contribution is -0.129. The SMILES string of the molecule is CCOC1(c2ccc3nccc(C(=O)NCC(=O)N4CSCC4C#N)c3c2)CCOCC1. The summed E-state index contributed by atoms with van der Waals surface area (Å²) in [5.41, 5.74) is 1.71. The molecule has 0 saturated carbocycles. The van der Waals surface area contributed by atoms with Crippen molar-refractivity contribution in [2.75, 3.05) is 38.0 Å². The van der Waals surface area contributed by atoms with Crippen LogP contribution in [0.5, 0.6) is 0 Å². The van der Waals surface area contributed by atoms with E-state index in [0.29, 0.717) is 47.9 Å². The highest BCUT2D eigenvalue weighted by molar-refractivity contribution is 7.99. The Morgan fingerprint density at radius 3 is 2.94 bits per heavy atom. The van der Waals surface area contributed by atoms with Gasteiger partial charge in [-0.25, -0.2) is 0 Å². The Kier molecular flexibility index (Phi) is 6.94. The van der Waals surface area contributed by atoms with Crippen molar-refractivity contribution in [3.63, 3.8) is 0 Å². The monoisotopic (exact) mass is 454 g/mol. The van der Waals surface area contributed by atoms with E-state index in [-0.39, 0.29) is 18.4 Å². The molecule has 2 aliphatic rings. The zero-order chi connectivity index (χ0) is 22.6. The minimum Gasteiger partial charge on any atom is -0.381 e. The highest BCUT2D eigenvalue weighted by Gasteiger charge is 2.35. The number of nitrogens with one attached hydrogen (secondary N) is 1. The van der Waals surface area contributed by atoms with Gasteiger partial charge in [0.15, 0.2) is 0 Å². The van der Waals surface area contributed by atoms with Crippen molar-refractivity contribution in [2.24, 2.45) is 0 Å². The van der Waals surface area contributed by atoms with Gasteiger partial charge in [0.2, 0.25) is 5.91 Å². The van der Waals surface area contributed by atoms with E-state index in [4.69, 9.17) is 9.47 Å². The molecule has 1 atom stereocenters. The molecule has 32 heavy (non-hydrogen) atoms. The van der Waals surface area contributed by atoms with Gasteiger partial charge in [-0.05, 0) is 30.7 Å². The lowest BCUT2D eigenvalue weighted by Crippen LogP contribution is -2.42. The van der Waals surface area contributed by atoms with E-state index >= 15 is 0 Å². The standard InChI is InChI=1S/C23H26N4O4S/c1-2-31-23(6-9-30-10-7-23)16-3-4-20-19(11-16)18(5-8-25-20)22(29)26-13-21(28)27-15-32-14-17(27)12-24/h3-5,8,11,17H,2,6-7,9-10,13-15H2,1H3,(H,26,29). The molecule has 2 fully saturated rings. The molecular weight excluding hydrogens is 428 g/mol. The van der Waals surface area contributed by atoms with Crippen molar-refractivity contribution >= 4 is 34.5 Å². The zero-order valence-electron chi connectivity index (χ0n) is 18.0. The molecule has 3 heterocycles. The number of hydrogen-bond donors (Lipinski definition) is 1. The Hall–Kier alpha value is -2.67. The van der Waals surface area contributed by atoms with Crippen LogP contribution in [-0.2, 0) is 19.9 Å². The Balaban J connectivity index is 1.57. The van der Waals surface area contributed by atoms with Crippen LogP contribution in [0.2, 0.25) is 0 Å². The lowest BCUT2D eigenvalue weighted by atomic mass is 9.85. The summed E-state index contributed by atoms with van der Waals surface area (Å²) in [6.45, 7) is 3.66. The third-order valence-corrected chi connectivity index (χ3v) is 7.00. The minimum atomic E-state index is -0.444. The topological polar surface area (TPSA) is 105 Å². The Morgan fingerprint density at radius 1 is 1.38 bits per heavy atom. The van der Waals surface area contributed by atoms with Crippen LogP contribution in [0.15, 0.2) is 30.5 Å². The third-order valence-electron chi connectivity index (χ3n) is 5.99. The maximum absolute atomic E-state index is 13.0. The summed E-state index contributed by atoms with van der Waals surface area (Å²) >= 11 is 1.54. The van der Waals surface area contributed by atoms with Crippen molar-refractivity contribution in [1.29, 1.82) is 5.26 Å². The predicted octanol–water partition coefficient (Wildman–Crippen LogP) is 2.43. The fraction of sp³-hybridized carbons (Fsp3) is 0.478. The fourth-order valence-electron chi connectivity index (χ4n) is 4.27. The number of ether oxygens (including phenoxy) is 2. The molecule has 2 aliphatic heterocycles. The number of fused-ring (bicyclic) bond motifs is 1. The number of nitriles is 1. The van der Waals surface area contributed by atoms with E-state index in [1.165, 1.54) is 16.7 Å². The van der Waals surface area contributed by atoms with Gasteiger partial charge in [-0.3, -0.25) is 14.6 Å². The number of nitrogens with zero attached hydrogens (tertiary/aromatic N) is 3. The fourth-order valence-corrected chi connectivity index (χ4v) is 5.37. The van der Waals surface area contributed by atoms with Crippen molar-refractivity contribution < 1.29 is 19.1 Å². The maximum Gasteiger partial charge on any atom is 0.252 e. The number of rotatable bonds is 6. The predicted molar refractivity (Wildman–Crippen MR) is 121 cm³/mol. The van der Waals surface area contributed by atoms with Gasteiger partial charge in [-0.15, -0.1) is 11.8 Å². The molecule has 2 aromatic rings. The molecule has 0 radical (unpaired) electrons. The largest absolute Gasteiger partial charge is 0.381 e. The van der Waals surface area contributed by atoms with Crippen LogP contribution in [0.4, 0.5) is 0 Å². The second kappa shape index (κ2) is 9.86. The quantitative estimate of drug-likeness (QED) is 0.715. The molecule has 9 heteroatoms. The summed E-state index contributed by atoms with van der Waals surface area (Å²) in [5, 5.41) is 12.6. The molecule has 8 nitrogen and oxygen atoms in total. The van der Waals surface area contributed by atoms with Crippen LogP contribution >= 0.6 is 11.8 Å². The normalized spacial score (nSPS) is 20.1. The van der Waals surface area contributed by atoms with Crippen LogP contribution in [0.3, 0.4) is 0 Å². The first-order valence-corrected chi connectivity index (χ1v) is 11.9. The number of hydrogen-bond acceptors (Lipinski definition) is 7. The first-order chi connectivity index (χ1) is 15.6. The molecule has 1 aromatic carbocycles. The molecule has 168 valence electrons. The summed E-state index contributed by atoms with van der Waals surface area (Å²) in [5.74, 6) is 0.463. The second-order valence-electron chi connectivity index (χ2n) is 7.82. The number of aromatic nitrogens is 1. The van der Waals surface area contributed by atoms with E-state index in [1.807, 2.05) is 25.1 Å². The van der Waals surface area contributed by atoms with Gasteiger partial charge < -0.3 is 19.7 Å². The van der Waals surface area contributed by atoms with Gasteiger partial charge in [0.1, 0.15) is 6.04 Å². The number of carbonyl (C=O) groups is 2. The lowest BCUT2D eigenvalue weighted by Gasteiger charge is -2.37. The van der Waals surface area contributed by atoms with Crippen LogP contribution in [-0.4, -0.2) is 65.7 Å². The highest BCUT2D eigenvalue weighted by atomic mass is 32.2. The van der Waals surface area contributed by atoms with Crippen LogP contribution in [0, 0.1) is 11.3 Å². The van der Waals surface area contributed by atoms with Crippen molar-refractivity contribution in [3.8, 4) is 6.07 Å². The third kappa shape index (κ3) is 4.44. The van der Waals surface area contributed by atoms with Crippen molar-refractivity contribution in [2.45, 2.75) is 31.4 Å². The first-order valence-electron chi connectivity index (χ1n) is 10.7. The van der Waals surface area contributed by atoms with Gasteiger partial charge in [0.05, 0.1) is 35.2 Å². The molecule has 1 unspecified atom stereocenters. The summed E-state index contributed by atoms with van der Waals surface area (Å²) in [4.78, 5) is 31.4. The smallest absolute Gasteiger partial charge is 0.252 e. The molecule has 1 N–H and O–H groups in total. The van der Waals surface area contributed by atoms with E-state index in [0.717, 1.165) is 18.4 Å². The first kappa shape index (κ1) is 22.5. The van der Waals surface area contributed by atoms with Gasteiger partial charge >= 0.3 is 0 Å². The van der Waals surface area contributed by atoms with Gasteiger partial charge in [-0.2, -0.15) is 5.26 Å². The molecule has 2 amide bonds. The van der Waals surface area contributed by atoms with E-state index in [9.17, 15) is 14.9 Å². The van der Waals surface area contributed by atoms with Gasteiger partial charge in [0.25, 0.3) is 5.91 Å². The van der Waals surface area contributed by atoms with Crippen molar-refractivity contribution in [3.05, 3.63) is 41.6 Å². The van der Waals surface area contributed by atoms with Gasteiger partial charge in [0, 0.05) is 50.0 Å². The summed E-state index contributed by atoms with van der Waals surface area (Å²) in [7, 11) is 0. The van der Waals surface area contributed by atoms with E-state index in [2.05, 4.69) is 16.4 Å². The summed E-state index contributed by atoms with van der Waals surface area (Å²) < 4.78 is 11.7. The summed E-state index contributed by atoms with van der Waals surface area (Å²) in [6, 6.07) is 9.24. The maximum atomic E-state index is 13.0. The molecule has 0 spiro atoms. The molecule has 0 aliphatic carbocycles. The average Bonchev–Trinajstić information content (AvgIpc) is 3.31. The summed E-state index contributed by atoms with van der Waals surface area (Å²) in [6.07, 6.45) is 3.08. The van der Waals surface area contributed by atoms with E-state index < -0.39 is 11.6 Å². The number of amides is 2. The zero-order valence-corrected chi connectivity index (χ0v) is 18.8. The van der Waals surface area contributed by atoms with E-state index in [1.54, 1.807) is 12.3 Å². The average molecular weight is 455 g/mol. The Bertz CT molecular complexity index is 1040. The Morgan fingerprint density at radius 2 is 2.19 bits per heavy atom. The molecule has 4 rings (SSSR count). The van der Waals surface area contributed by atoms with Crippen LogP contribution in [0.1, 0.15) is 35.7 Å².